The number of hydrogen-bond acceptors (Lipinski definition) is 8. The van der Waals surface area contributed by atoms with Crippen LogP contribution in [-0.4, -0.2) is 67.5 Å². The molecule has 7 N–H and O–H groups in total. The highest BCUT2D eigenvalue weighted by molar-refractivity contribution is 6.14. The van der Waals surface area contributed by atoms with Gasteiger partial charge in [0.1, 0.15) is 18.1 Å². The number of carbonyl (C=O) groups excluding carboxylic acids is 1. The van der Waals surface area contributed by atoms with Crippen molar-refractivity contribution < 1.29 is 19.7 Å². The standard InChI is InChI=1S/C18H27N5O4/c1-18(10-24,11-25)23-17(26)16(22-3)14-6-13(4-5-15(14)20)27-9-12(7-19)8-21-2/h4-8,19-22,24-25H,9-11H2,1-3H3,(H,23,26)/b12-8+,16-14-,19-7?,20-15?. The van der Waals surface area contributed by atoms with E-state index in [1.54, 1.807) is 32.4 Å². The normalized spacial score (nSPS) is 16.4. The summed E-state index contributed by atoms with van der Waals surface area (Å²) in [5.74, 6) is -0.138. The molecule has 148 valence electrons. The molecular weight excluding hydrogens is 350 g/mol. The van der Waals surface area contributed by atoms with E-state index in [0.717, 1.165) is 0 Å². The molecule has 0 saturated heterocycles. The predicted molar refractivity (Wildman–Crippen MR) is 104 cm³/mol. The summed E-state index contributed by atoms with van der Waals surface area (Å²) in [6, 6.07) is 0. The van der Waals surface area contributed by atoms with Crippen molar-refractivity contribution in [2.24, 2.45) is 0 Å². The van der Waals surface area contributed by atoms with Crippen LogP contribution in [0.5, 0.6) is 0 Å². The number of allylic oxidation sites excluding steroid dienone is 4. The Morgan fingerprint density at radius 2 is 1.96 bits per heavy atom. The Morgan fingerprint density at radius 3 is 2.48 bits per heavy atom. The average Bonchev–Trinajstić information content (AvgIpc) is 2.67. The summed E-state index contributed by atoms with van der Waals surface area (Å²) in [4.78, 5) is 12.6. The highest BCUT2D eigenvalue weighted by atomic mass is 16.5. The lowest BCUT2D eigenvalue weighted by Crippen LogP contribution is -2.53. The SMILES string of the molecule is CN/C=C(\C=N)COC1=C/C(=C(/NC)C(=O)NC(C)(CO)CO)C(=N)C=C1. The quantitative estimate of drug-likeness (QED) is 0.203. The Morgan fingerprint density at radius 1 is 1.30 bits per heavy atom. The zero-order chi connectivity index (χ0) is 20.4. The van der Waals surface area contributed by atoms with E-state index in [2.05, 4.69) is 16.0 Å². The van der Waals surface area contributed by atoms with Gasteiger partial charge in [0.15, 0.2) is 0 Å². The minimum atomic E-state index is -1.19. The van der Waals surface area contributed by atoms with E-state index in [4.69, 9.17) is 15.6 Å². The van der Waals surface area contributed by atoms with Gasteiger partial charge in [0.2, 0.25) is 0 Å². The molecule has 1 aliphatic rings. The number of likely N-dealkylation sites (N-methyl/N-ethyl adjacent to an activating group) is 1. The summed E-state index contributed by atoms with van der Waals surface area (Å²) >= 11 is 0. The van der Waals surface area contributed by atoms with Crippen molar-refractivity contribution in [2.75, 3.05) is 33.9 Å². The molecule has 0 atom stereocenters. The fourth-order valence-electron chi connectivity index (χ4n) is 2.13. The molecule has 1 rings (SSSR count). The van der Waals surface area contributed by atoms with Crippen LogP contribution in [0, 0.1) is 10.8 Å². The second kappa shape index (κ2) is 10.3. The van der Waals surface area contributed by atoms with E-state index < -0.39 is 24.7 Å². The monoisotopic (exact) mass is 377 g/mol. The highest BCUT2D eigenvalue weighted by Gasteiger charge is 2.27. The third-order valence-electron chi connectivity index (χ3n) is 3.77. The van der Waals surface area contributed by atoms with Gasteiger partial charge in [0, 0.05) is 37.7 Å². The first-order chi connectivity index (χ1) is 12.8. The van der Waals surface area contributed by atoms with E-state index in [1.165, 1.54) is 19.2 Å². The van der Waals surface area contributed by atoms with Crippen LogP contribution in [0.25, 0.3) is 0 Å². The maximum absolute atomic E-state index is 12.6. The number of rotatable bonds is 10. The van der Waals surface area contributed by atoms with Crippen LogP contribution in [0.3, 0.4) is 0 Å². The molecule has 0 radical (unpaired) electrons. The molecule has 9 nitrogen and oxygen atoms in total. The van der Waals surface area contributed by atoms with Gasteiger partial charge >= 0.3 is 0 Å². The second-order valence-corrected chi connectivity index (χ2v) is 6.10. The summed E-state index contributed by atoms with van der Waals surface area (Å²) in [5.41, 5.74) is -0.0519. The minimum absolute atomic E-state index is 0.106. The molecule has 0 aliphatic heterocycles. The Hall–Kier alpha value is -2.91. The summed E-state index contributed by atoms with van der Waals surface area (Å²) < 4.78 is 5.63. The predicted octanol–water partition coefficient (Wildman–Crippen LogP) is -0.438. The van der Waals surface area contributed by atoms with Gasteiger partial charge in [-0.2, -0.15) is 0 Å². The van der Waals surface area contributed by atoms with E-state index >= 15 is 0 Å². The number of aliphatic hydroxyl groups is 2. The van der Waals surface area contributed by atoms with Crippen molar-refractivity contribution in [1.82, 2.24) is 16.0 Å². The van der Waals surface area contributed by atoms with Crippen LogP contribution >= 0.6 is 0 Å². The maximum atomic E-state index is 12.6. The molecule has 0 bridgehead atoms. The molecule has 0 aromatic carbocycles. The molecule has 27 heavy (non-hydrogen) atoms. The Balaban J connectivity index is 3.10. The number of ether oxygens (including phenoxy) is 1. The first-order valence-electron chi connectivity index (χ1n) is 8.28. The minimum Gasteiger partial charge on any atom is -0.489 e. The molecular formula is C18H27N5O4. The van der Waals surface area contributed by atoms with Crippen LogP contribution in [0.1, 0.15) is 6.92 Å². The van der Waals surface area contributed by atoms with Crippen molar-refractivity contribution in [3.8, 4) is 0 Å². The van der Waals surface area contributed by atoms with Crippen LogP contribution in [0.15, 0.2) is 47.0 Å². The van der Waals surface area contributed by atoms with Crippen LogP contribution in [0.4, 0.5) is 0 Å². The van der Waals surface area contributed by atoms with Gasteiger partial charge in [-0.1, -0.05) is 0 Å². The molecule has 0 fully saturated rings. The van der Waals surface area contributed by atoms with Gasteiger partial charge < -0.3 is 41.7 Å². The van der Waals surface area contributed by atoms with Crippen LogP contribution in [0.2, 0.25) is 0 Å². The van der Waals surface area contributed by atoms with E-state index in [1.807, 2.05) is 0 Å². The number of carbonyl (C=O) groups is 1. The lowest BCUT2D eigenvalue weighted by atomic mass is 10.00. The molecule has 0 saturated carbocycles. The van der Waals surface area contributed by atoms with Crippen LogP contribution in [-0.2, 0) is 9.53 Å². The smallest absolute Gasteiger partial charge is 0.268 e. The number of nitrogens with one attached hydrogen (secondary N) is 5. The lowest BCUT2D eigenvalue weighted by Gasteiger charge is -2.27. The first-order valence-corrected chi connectivity index (χ1v) is 8.28. The van der Waals surface area contributed by atoms with Crippen molar-refractivity contribution >= 4 is 17.8 Å². The summed E-state index contributed by atoms with van der Waals surface area (Å²) in [6.45, 7) is 0.780. The molecule has 9 heteroatoms. The topological polar surface area (TPSA) is 151 Å². The number of amides is 1. The summed E-state index contributed by atoms with van der Waals surface area (Å²) in [7, 11) is 3.26. The fraction of sp³-hybridized carbons (Fsp3) is 0.389. The van der Waals surface area contributed by atoms with Gasteiger partial charge in [-0.25, -0.2) is 0 Å². The largest absolute Gasteiger partial charge is 0.489 e. The van der Waals surface area contributed by atoms with Gasteiger partial charge in [0.25, 0.3) is 5.91 Å². The highest BCUT2D eigenvalue weighted by Crippen LogP contribution is 2.18. The third kappa shape index (κ3) is 6.08. The molecule has 0 heterocycles. The fourth-order valence-corrected chi connectivity index (χ4v) is 2.13. The molecule has 0 spiro atoms. The molecule has 1 amide bonds. The van der Waals surface area contributed by atoms with Gasteiger partial charge in [0.05, 0.1) is 24.5 Å². The van der Waals surface area contributed by atoms with Gasteiger partial charge in [-0.15, -0.1) is 0 Å². The van der Waals surface area contributed by atoms with E-state index in [0.29, 0.717) is 16.9 Å². The lowest BCUT2D eigenvalue weighted by molar-refractivity contribution is -0.120. The average molecular weight is 377 g/mol. The van der Waals surface area contributed by atoms with Crippen molar-refractivity contribution in [2.45, 2.75) is 12.5 Å². The zero-order valence-electron chi connectivity index (χ0n) is 15.7. The first kappa shape index (κ1) is 22.1. The Bertz CT molecular complexity index is 703. The second-order valence-electron chi connectivity index (χ2n) is 6.10. The molecule has 1 aliphatic carbocycles. The van der Waals surface area contributed by atoms with E-state index in [9.17, 15) is 15.0 Å². The third-order valence-corrected chi connectivity index (χ3v) is 3.77. The maximum Gasteiger partial charge on any atom is 0.268 e. The Labute approximate surface area is 158 Å². The number of hydrogen-bond donors (Lipinski definition) is 7. The number of aliphatic hydroxyl groups excluding tert-OH is 2. The van der Waals surface area contributed by atoms with Crippen molar-refractivity contribution in [3.63, 3.8) is 0 Å². The van der Waals surface area contributed by atoms with E-state index in [-0.39, 0.29) is 18.0 Å². The molecule has 0 aromatic rings. The zero-order valence-corrected chi connectivity index (χ0v) is 15.7. The van der Waals surface area contributed by atoms with Crippen LogP contribution < -0.4 is 16.0 Å². The molecule has 0 unspecified atom stereocenters. The van der Waals surface area contributed by atoms with Crippen molar-refractivity contribution in [1.29, 1.82) is 10.8 Å². The Kier molecular flexibility index (Phi) is 8.43. The summed E-state index contributed by atoms with van der Waals surface area (Å²) in [6.07, 6.45) is 7.45. The summed E-state index contributed by atoms with van der Waals surface area (Å²) in [5, 5.41) is 42.3. The molecule has 0 aromatic heterocycles. The van der Waals surface area contributed by atoms with Crippen molar-refractivity contribution in [3.05, 3.63) is 47.0 Å². The van der Waals surface area contributed by atoms with Gasteiger partial charge in [-0.3, -0.25) is 4.79 Å². The van der Waals surface area contributed by atoms with Gasteiger partial charge in [-0.05, 0) is 25.2 Å².